The lowest BCUT2D eigenvalue weighted by Crippen LogP contribution is -2.47. The number of aromatic amines is 1. The van der Waals surface area contributed by atoms with Gasteiger partial charge in [0.15, 0.2) is 17.3 Å². The number of imidazole rings is 1. The van der Waals surface area contributed by atoms with Crippen molar-refractivity contribution in [2.24, 2.45) is 0 Å². The van der Waals surface area contributed by atoms with E-state index in [0.717, 1.165) is 49.0 Å². The highest BCUT2D eigenvalue weighted by molar-refractivity contribution is 5.81. The van der Waals surface area contributed by atoms with Gasteiger partial charge in [0.25, 0.3) is 0 Å². The zero-order chi connectivity index (χ0) is 19.8. The quantitative estimate of drug-likeness (QED) is 0.548. The van der Waals surface area contributed by atoms with Crippen LogP contribution in [0.3, 0.4) is 0 Å². The van der Waals surface area contributed by atoms with E-state index >= 15 is 0 Å². The first-order chi connectivity index (χ1) is 14.2. The van der Waals surface area contributed by atoms with E-state index in [0.29, 0.717) is 17.3 Å². The molecule has 0 radical (unpaired) electrons. The van der Waals surface area contributed by atoms with Crippen molar-refractivity contribution in [3.05, 3.63) is 48.4 Å². The van der Waals surface area contributed by atoms with E-state index in [9.17, 15) is 0 Å². The Morgan fingerprint density at radius 3 is 2.55 bits per heavy atom. The molecule has 4 aromatic rings. The first kappa shape index (κ1) is 17.4. The van der Waals surface area contributed by atoms with Crippen molar-refractivity contribution in [3.63, 3.8) is 0 Å². The largest absolute Gasteiger partial charge is 0.382 e. The summed E-state index contributed by atoms with van der Waals surface area (Å²) in [7, 11) is 0. The predicted octanol–water partition coefficient (Wildman–Crippen LogP) is 2.52. The standard InChI is InChI=1S/C20H21N9.2H2/c1-13-3-4-14-15(11-13)26-19(25-14)17-18(21)24-12-16(27-17)28-7-9-29(10-8-28)20-22-5-2-6-23-20;;/h2-6,11-12H,7-10H2,1H3,(H2,21,24)(H,25,26);2*1H. The van der Waals surface area contributed by atoms with Crippen molar-refractivity contribution < 1.29 is 2.85 Å². The molecule has 9 heteroatoms. The molecule has 0 aliphatic carbocycles. The van der Waals surface area contributed by atoms with Crippen molar-refractivity contribution in [3.8, 4) is 11.5 Å². The Balaban J connectivity index is 0.00000136. The lowest BCUT2D eigenvalue weighted by Gasteiger charge is -2.35. The minimum absolute atomic E-state index is 0. The van der Waals surface area contributed by atoms with Crippen LogP contribution in [0.15, 0.2) is 42.9 Å². The molecule has 0 spiro atoms. The van der Waals surface area contributed by atoms with Crippen LogP contribution in [-0.2, 0) is 0 Å². The molecule has 150 valence electrons. The zero-order valence-corrected chi connectivity index (χ0v) is 16.1. The third kappa shape index (κ3) is 3.31. The summed E-state index contributed by atoms with van der Waals surface area (Å²) in [5.74, 6) is 2.54. The second-order valence-electron chi connectivity index (χ2n) is 7.09. The molecule has 0 saturated carbocycles. The Kier molecular flexibility index (Phi) is 4.19. The van der Waals surface area contributed by atoms with Crippen molar-refractivity contribution in [2.75, 3.05) is 41.7 Å². The van der Waals surface area contributed by atoms with Crippen LogP contribution >= 0.6 is 0 Å². The molecule has 1 fully saturated rings. The highest BCUT2D eigenvalue weighted by Crippen LogP contribution is 2.26. The normalized spacial score (nSPS) is 14.5. The maximum absolute atomic E-state index is 6.12. The average Bonchev–Trinajstić information content (AvgIpc) is 3.18. The topological polar surface area (TPSA) is 113 Å². The second-order valence-corrected chi connectivity index (χ2v) is 7.09. The van der Waals surface area contributed by atoms with Crippen LogP contribution in [0.2, 0.25) is 0 Å². The Morgan fingerprint density at radius 2 is 1.76 bits per heavy atom. The van der Waals surface area contributed by atoms with E-state index in [1.807, 2.05) is 18.2 Å². The number of aryl methyl sites for hydroxylation is 1. The van der Waals surface area contributed by atoms with Gasteiger partial charge in [-0.2, -0.15) is 0 Å². The number of hydrogen-bond donors (Lipinski definition) is 2. The fourth-order valence-corrected chi connectivity index (χ4v) is 3.54. The van der Waals surface area contributed by atoms with E-state index in [1.54, 1.807) is 18.6 Å². The van der Waals surface area contributed by atoms with Gasteiger partial charge in [-0.3, -0.25) is 0 Å². The van der Waals surface area contributed by atoms with Crippen LogP contribution in [0.25, 0.3) is 22.6 Å². The molecular weight excluding hydrogens is 366 g/mol. The minimum atomic E-state index is 0. The lowest BCUT2D eigenvalue weighted by molar-refractivity contribution is 0.634. The summed E-state index contributed by atoms with van der Waals surface area (Å²) in [6.45, 7) is 5.28. The van der Waals surface area contributed by atoms with E-state index < -0.39 is 0 Å². The second kappa shape index (κ2) is 7.01. The summed E-state index contributed by atoms with van der Waals surface area (Å²) in [5.41, 5.74) is 9.71. The van der Waals surface area contributed by atoms with Gasteiger partial charge in [-0.25, -0.2) is 24.9 Å². The van der Waals surface area contributed by atoms with Crippen LogP contribution in [0, 0.1) is 6.92 Å². The van der Waals surface area contributed by atoms with Crippen LogP contribution in [-0.4, -0.2) is 56.1 Å². The molecule has 0 atom stereocenters. The third-order valence-electron chi connectivity index (χ3n) is 5.09. The number of nitrogens with one attached hydrogen (secondary N) is 1. The van der Waals surface area contributed by atoms with Gasteiger partial charge in [-0.15, -0.1) is 0 Å². The van der Waals surface area contributed by atoms with Crippen LogP contribution < -0.4 is 15.5 Å². The Bertz CT molecular complexity index is 1160. The molecule has 3 aromatic heterocycles. The maximum atomic E-state index is 6.12. The van der Waals surface area contributed by atoms with Gasteiger partial charge in [0.2, 0.25) is 5.95 Å². The number of aromatic nitrogens is 6. The average molecular weight is 391 g/mol. The molecule has 0 unspecified atom stereocenters. The molecule has 3 N–H and O–H groups in total. The van der Waals surface area contributed by atoms with Gasteiger partial charge in [0.05, 0.1) is 17.2 Å². The number of hydrogen-bond acceptors (Lipinski definition) is 8. The Labute approximate surface area is 170 Å². The molecule has 0 amide bonds. The van der Waals surface area contributed by atoms with Crippen molar-refractivity contribution in [1.29, 1.82) is 0 Å². The van der Waals surface area contributed by atoms with Gasteiger partial charge in [0, 0.05) is 41.4 Å². The van der Waals surface area contributed by atoms with Crippen molar-refractivity contribution in [1.82, 2.24) is 29.9 Å². The molecule has 1 aliphatic rings. The summed E-state index contributed by atoms with van der Waals surface area (Å²) < 4.78 is 0. The fraction of sp³-hybridized carbons (Fsp3) is 0.250. The number of fused-ring (bicyclic) bond motifs is 1. The lowest BCUT2D eigenvalue weighted by atomic mass is 10.2. The number of nitrogen functional groups attached to an aromatic ring is 1. The summed E-state index contributed by atoms with van der Waals surface area (Å²) >= 11 is 0. The molecule has 1 saturated heterocycles. The fourth-order valence-electron chi connectivity index (χ4n) is 3.54. The SMILES string of the molecule is Cc1ccc2nc(-c3nc(N4CCN(c5ncccn5)CC4)cnc3N)[nH]c2c1.[HH].[HH]. The maximum Gasteiger partial charge on any atom is 0.225 e. The number of rotatable bonds is 3. The summed E-state index contributed by atoms with van der Waals surface area (Å²) in [4.78, 5) is 30.1. The van der Waals surface area contributed by atoms with Crippen molar-refractivity contribution in [2.45, 2.75) is 6.92 Å². The van der Waals surface area contributed by atoms with Crippen LogP contribution in [0.1, 0.15) is 8.42 Å². The Hall–Kier alpha value is -3.75. The predicted molar refractivity (Wildman–Crippen MR) is 117 cm³/mol. The van der Waals surface area contributed by atoms with E-state index in [1.165, 1.54) is 5.56 Å². The van der Waals surface area contributed by atoms with Gasteiger partial charge >= 0.3 is 0 Å². The minimum Gasteiger partial charge on any atom is -0.382 e. The molecule has 0 bridgehead atoms. The molecule has 4 heterocycles. The van der Waals surface area contributed by atoms with E-state index in [4.69, 9.17) is 10.7 Å². The summed E-state index contributed by atoms with van der Waals surface area (Å²) in [6.07, 6.45) is 5.25. The highest BCUT2D eigenvalue weighted by atomic mass is 15.3. The van der Waals surface area contributed by atoms with E-state index in [-0.39, 0.29) is 2.85 Å². The molecule has 29 heavy (non-hydrogen) atoms. The number of nitrogens with two attached hydrogens (primary N) is 1. The summed E-state index contributed by atoms with van der Waals surface area (Å²) in [6, 6.07) is 7.91. The summed E-state index contributed by atoms with van der Waals surface area (Å²) in [5, 5.41) is 0. The molecule has 5 rings (SSSR count). The highest BCUT2D eigenvalue weighted by Gasteiger charge is 2.21. The number of benzene rings is 1. The molecular formula is C20H25N9. The number of anilines is 3. The number of H-pyrrole nitrogens is 1. The smallest absolute Gasteiger partial charge is 0.225 e. The first-order valence-electron chi connectivity index (χ1n) is 9.53. The molecule has 9 nitrogen and oxygen atoms in total. The first-order valence-corrected chi connectivity index (χ1v) is 9.53. The van der Waals surface area contributed by atoms with E-state index in [2.05, 4.69) is 47.7 Å². The molecule has 1 aliphatic heterocycles. The number of nitrogens with zero attached hydrogens (tertiary/aromatic N) is 7. The molecule has 1 aromatic carbocycles. The van der Waals surface area contributed by atoms with Gasteiger partial charge in [-0.1, -0.05) is 6.07 Å². The van der Waals surface area contributed by atoms with Gasteiger partial charge < -0.3 is 20.5 Å². The van der Waals surface area contributed by atoms with Crippen LogP contribution in [0.5, 0.6) is 0 Å². The monoisotopic (exact) mass is 391 g/mol. The Morgan fingerprint density at radius 1 is 1.00 bits per heavy atom. The van der Waals surface area contributed by atoms with Crippen LogP contribution in [0.4, 0.5) is 17.6 Å². The van der Waals surface area contributed by atoms with Gasteiger partial charge in [-0.05, 0) is 30.7 Å². The number of piperazine rings is 1. The zero-order valence-electron chi connectivity index (χ0n) is 16.1. The van der Waals surface area contributed by atoms with Gasteiger partial charge in [0.1, 0.15) is 5.82 Å². The van der Waals surface area contributed by atoms with Crippen molar-refractivity contribution >= 4 is 28.6 Å². The third-order valence-corrected chi connectivity index (χ3v) is 5.09.